The first kappa shape index (κ1) is 30.5. The van der Waals surface area contributed by atoms with Gasteiger partial charge in [0.2, 0.25) is 5.60 Å². The van der Waals surface area contributed by atoms with Crippen molar-refractivity contribution in [3.63, 3.8) is 0 Å². The summed E-state index contributed by atoms with van der Waals surface area (Å²) < 4.78 is 71.4. The summed E-state index contributed by atoms with van der Waals surface area (Å²) in [4.78, 5) is 21.8. The van der Waals surface area contributed by atoms with Gasteiger partial charge in [0, 0.05) is 41.6 Å². The van der Waals surface area contributed by atoms with E-state index in [4.69, 9.17) is 4.74 Å². The topological polar surface area (TPSA) is 55.3 Å². The highest BCUT2D eigenvalue weighted by Gasteiger charge is 2.51. The van der Waals surface area contributed by atoms with Gasteiger partial charge in [-0.25, -0.2) is 18.6 Å². The quantitative estimate of drug-likeness (QED) is 0.176. The molecule has 0 aliphatic carbocycles. The van der Waals surface area contributed by atoms with Gasteiger partial charge >= 0.3 is 12.3 Å². The number of aromatic nitrogens is 2. The SMILES string of the molecule is C=C.CC(F)(F)c1ccc(CCCCCN(C(=O)OC(C)(C)C(F)(F)F)c2cc(Br)ccn2)nc1. The van der Waals surface area contributed by atoms with Crippen molar-refractivity contribution < 1.29 is 31.5 Å². The number of halogens is 6. The number of aryl methyl sites for hydroxylation is 1. The number of anilines is 1. The van der Waals surface area contributed by atoms with Gasteiger partial charge in [-0.2, -0.15) is 13.2 Å². The summed E-state index contributed by atoms with van der Waals surface area (Å²) in [6.07, 6.45) is -1.05. The van der Waals surface area contributed by atoms with Gasteiger partial charge in [-0.3, -0.25) is 9.88 Å². The number of amides is 1. The van der Waals surface area contributed by atoms with Crippen molar-refractivity contribution in [2.75, 3.05) is 11.4 Å². The van der Waals surface area contributed by atoms with Crippen LogP contribution in [0.15, 0.2) is 54.3 Å². The molecule has 5 nitrogen and oxygen atoms in total. The summed E-state index contributed by atoms with van der Waals surface area (Å²) in [5.74, 6) is -2.80. The predicted molar refractivity (Wildman–Crippen MR) is 129 cm³/mol. The molecule has 0 bridgehead atoms. The number of hydrogen-bond acceptors (Lipinski definition) is 4. The third-order valence-corrected chi connectivity index (χ3v) is 5.37. The van der Waals surface area contributed by atoms with Gasteiger partial charge in [0.15, 0.2) is 0 Å². The van der Waals surface area contributed by atoms with E-state index in [1.807, 2.05) is 0 Å². The molecule has 35 heavy (non-hydrogen) atoms. The molecule has 0 aromatic carbocycles. The maximum absolute atomic E-state index is 13.3. The first-order valence-electron chi connectivity index (χ1n) is 10.7. The number of alkyl halides is 5. The van der Waals surface area contributed by atoms with Crippen LogP contribution < -0.4 is 4.90 Å². The summed E-state index contributed by atoms with van der Waals surface area (Å²) in [6, 6.07) is 6.01. The molecule has 0 unspecified atom stereocenters. The van der Waals surface area contributed by atoms with Crippen LogP contribution in [-0.2, 0) is 17.1 Å². The average Bonchev–Trinajstić information content (AvgIpc) is 2.76. The zero-order valence-electron chi connectivity index (χ0n) is 19.8. The third kappa shape index (κ3) is 9.54. The lowest BCUT2D eigenvalue weighted by atomic mass is 10.1. The normalized spacial score (nSPS) is 11.9. The lowest BCUT2D eigenvalue weighted by Gasteiger charge is -2.31. The fourth-order valence-corrected chi connectivity index (χ4v) is 3.08. The fourth-order valence-electron chi connectivity index (χ4n) is 2.76. The van der Waals surface area contributed by atoms with Crippen LogP contribution in [-0.4, -0.2) is 34.4 Å². The highest BCUT2D eigenvalue weighted by molar-refractivity contribution is 9.10. The van der Waals surface area contributed by atoms with Crippen LogP contribution in [0.25, 0.3) is 0 Å². The van der Waals surface area contributed by atoms with Gasteiger partial charge in [0.05, 0.1) is 0 Å². The second-order valence-corrected chi connectivity index (χ2v) is 9.01. The summed E-state index contributed by atoms with van der Waals surface area (Å²) in [5.41, 5.74) is -2.18. The van der Waals surface area contributed by atoms with E-state index >= 15 is 0 Å². The van der Waals surface area contributed by atoms with Crippen molar-refractivity contribution in [2.24, 2.45) is 0 Å². The van der Waals surface area contributed by atoms with E-state index in [0.29, 0.717) is 35.8 Å². The van der Waals surface area contributed by atoms with Crippen molar-refractivity contribution >= 4 is 27.8 Å². The van der Waals surface area contributed by atoms with Crippen molar-refractivity contribution in [1.82, 2.24) is 9.97 Å². The molecule has 0 radical (unpaired) electrons. The zero-order chi connectivity index (χ0) is 26.9. The second-order valence-electron chi connectivity index (χ2n) is 8.10. The van der Waals surface area contributed by atoms with Crippen LogP contribution in [0.3, 0.4) is 0 Å². The van der Waals surface area contributed by atoms with Crippen molar-refractivity contribution in [3.8, 4) is 0 Å². The van der Waals surface area contributed by atoms with Crippen LogP contribution in [0, 0.1) is 0 Å². The van der Waals surface area contributed by atoms with Gasteiger partial charge in [-0.05, 0) is 57.4 Å². The first-order valence-corrected chi connectivity index (χ1v) is 11.5. The molecular weight excluding hydrogens is 537 g/mol. The predicted octanol–water partition coefficient (Wildman–Crippen LogP) is 7.85. The van der Waals surface area contributed by atoms with Crippen molar-refractivity contribution in [3.05, 3.63) is 65.5 Å². The number of pyridine rings is 2. The monoisotopic (exact) mass is 565 g/mol. The minimum atomic E-state index is -4.73. The van der Waals surface area contributed by atoms with Crippen LogP contribution in [0.1, 0.15) is 51.3 Å². The van der Waals surface area contributed by atoms with Gasteiger partial charge in [-0.15, -0.1) is 13.2 Å². The Kier molecular flexibility index (Phi) is 11.3. The number of unbranched alkanes of at least 4 members (excludes halogenated alkanes) is 2. The molecule has 2 aromatic heterocycles. The largest absolute Gasteiger partial charge is 0.433 e. The Hall–Kier alpha value is -2.56. The van der Waals surface area contributed by atoms with E-state index in [-0.39, 0.29) is 17.9 Å². The number of hydrogen-bond donors (Lipinski definition) is 0. The summed E-state index contributed by atoms with van der Waals surface area (Å²) in [7, 11) is 0. The molecule has 0 saturated carbocycles. The maximum Gasteiger partial charge on any atom is 0.427 e. The molecule has 0 fully saturated rings. The third-order valence-electron chi connectivity index (χ3n) is 4.88. The smallest absolute Gasteiger partial charge is 0.427 e. The highest BCUT2D eigenvalue weighted by atomic mass is 79.9. The minimum Gasteiger partial charge on any atom is -0.433 e. The Morgan fingerprint density at radius 2 is 1.69 bits per heavy atom. The lowest BCUT2D eigenvalue weighted by Crippen LogP contribution is -2.47. The molecule has 0 atom stereocenters. The molecule has 1 amide bonds. The Bertz CT molecular complexity index is 947. The van der Waals surface area contributed by atoms with E-state index in [1.165, 1.54) is 18.3 Å². The molecule has 2 heterocycles. The molecule has 2 aromatic rings. The molecule has 194 valence electrons. The van der Waals surface area contributed by atoms with Gasteiger partial charge < -0.3 is 4.74 Å². The summed E-state index contributed by atoms with van der Waals surface area (Å²) in [5, 5.41) is 0. The number of carbonyl (C=O) groups is 1. The number of carbonyl (C=O) groups excluding carboxylic acids is 1. The first-order chi connectivity index (χ1) is 16.2. The fraction of sp³-hybridized carbons (Fsp3) is 0.458. The highest BCUT2D eigenvalue weighted by Crippen LogP contribution is 2.34. The molecule has 11 heteroatoms. The van der Waals surface area contributed by atoms with Gasteiger partial charge in [-0.1, -0.05) is 22.4 Å². The van der Waals surface area contributed by atoms with Crippen LogP contribution in [0.5, 0.6) is 0 Å². The Morgan fingerprint density at radius 3 is 2.20 bits per heavy atom. The molecule has 0 aliphatic heterocycles. The van der Waals surface area contributed by atoms with Gasteiger partial charge in [0.25, 0.3) is 5.92 Å². The van der Waals surface area contributed by atoms with E-state index in [2.05, 4.69) is 39.1 Å². The van der Waals surface area contributed by atoms with E-state index in [0.717, 1.165) is 31.9 Å². The molecule has 2 rings (SSSR count). The molecule has 0 aliphatic rings. The van der Waals surface area contributed by atoms with Gasteiger partial charge in [0.1, 0.15) is 5.82 Å². The molecule has 0 spiro atoms. The Balaban J connectivity index is 0.00000298. The standard InChI is InChI=1S/C22H25BrF5N3O2.C2H4/c1-20(2,22(26,27)28)33-19(32)31(18-13-16(23)10-11-29-18)12-6-4-5-7-17-9-8-15(14-30-17)21(3,24)25;1-2/h8-11,13-14H,4-7,12H2,1-3H3;1-2H2. The van der Waals surface area contributed by atoms with Crippen LogP contribution in [0.4, 0.5) is 32.6 Å². The van der Waals surface area contributed by atoms with E-state index in [9.17, 15) is 26.7 Å². The summed E-state index contributed by atoms with van der Waals surface area (Å²) >= 11 is 3.26. The Labute approximate surface area is 210 Å². The molecule has 0 N–H and O–H groups in total. The summed E-state index contributed by atoms with van der Waals surface area (Å²) in [6.45, 7) is 8.45. The number of rotatable bonds is 9. The minimum absolute atomic E-state index is 0.0879. The molecular formula is C24H29BrF5N3O2. The molecule has 0 saturated heterocycles. The average molecular weight is 566 g/mol. The zero-order valence-corrected chi connectivity index (χ0v) is 21.4. The maximum atomic E-state index is 13.3. The van der Waals surface area contributed by atoms with E-state index in [1.54, 1.807) is 12.1 Å². The number of ether oxygens (including phenoxy) is 1. The van der Waals surface area contributed by atoms with Crippen LogP contribution in [0.2, 0.25) is 0 Å². The lowest BCUT2D eigenvalue weighted by molar-refractivity contribution is -0.243. The van der Waals surface area contributed by atoms with Crippen LogP contribution >= 0.6 is 15.9 Å². The van der Waals surface area contributed by atoms with Crippen molar-refractivity contribution in [2.45, 2.75) is 64.2 Å². The second kappa shape index (κ2) is 12.9. The van der Waals surface area contributed by atoms with E-state index < -0.39 is 23.8 Å². The Morgan fingerprint density at radius 1 is 1.03 bits per heavy atom. The number of nitrogens with zero attached hydrogens (tertiary/aromatic N) is 3. The van der Waals surface area contributed by atoms with Crippen molar-refractivity contribution in [1.29, 1.82) is 0 Å².